The number of nitrogens with zero attached hydrogens (tertiary/aromatic N) is 2. The van der Waals surface area contributed by atoms with E-state index in [0.717, 1.165) is 49.3 Å². The van der Waals surface area contributed by atoms with Crippen molar-refractivity contribution in [2.45, 2.75) is 0 Å². The largest absolute Gasteiger partial charge is 0.292 e. The summed E-state index contributed by atoms with van der Waals surface area (Å²) in [5.74, 6) is 0.249. The van der Waals surface area contributed by atoms with Crippen LogP contribution >= 0.6 is 0 Å². The Morgan fingerprint density at radius 1 is 0.404 bits per heavy atom. The molecule has 2 heteroatoms. The van der Waals surface area contributed by atoms with Gasteiger partial charge in [-0.25, -0.2) is 4.98 Å². The summed E-state index contributed by atoms with van der Waals surface area (Å²) in [5, 5.41) is 4.05. The van der Waals surface area contributed by atoms with Crippen LogP contribution in [0.3, 0.4) is 0 Å². The van der Waals surface area contributed by atoms with E-state index in [-0.39, 0.29) is 53.2 Å². The van der Waals surface area contributed by atoms with Crippen molar-refractivity contribution in [1.82, 2.24) is 9.55 Å². The summed E-state index contributed by atoms with van der Waals surface area (Å²) in [6, 6.07) is 35.6. The first kappa shape index (κ1) is 18.7. The summed E-state index contributed by atoms with van der Waals surface area (Å²) in [4.78, 5) is 4.79. The third kappa shape index (κ3) is 4.62. The average molecular weight is 609 g/mol. The molecule has 0 atom stereocenters. The van der Waals surface area contributed by atoms with Gasteiger partial charge in [0.25, 0.3) is 0 Å². The van der Waals surface area contributed by atoms with Gasteiger partial charge < -0.3 is 0 Å². The molecular formula is C45H30N2. The van der Waals surface area contributed by atoms with Crippen molar-refractivity contribution in [2.24, 2.45) is 0 Å². The summed E-state index contributed by atoms with van der Waals surface area (Å²) in [6.07, 6.45) is 0. The summed E-state index contributed by atoms with van der Waals surface area (Å²) in [7, 11) is 0. The minimum Gasteiger partial charge on any atom is -0.292 e. The van der Waals surface area contributed by atoms with Crippen LogP contribution in [-0.2, 0) is 0 Å². The fourth-order valence-electron chi connectivity index (χ4n) is 6.54. The first-order chi connectivity index (χ1) is 27.5. The number of para-hydroxylation sites is 2. The van der Waals surface area contributed by atoms with Crippen molar-refractivity contribution in [3.63, 3.8) is 0 Å². The van der Waals surface area contributed by atoms with Gasteiger partial charge in [0.2, 0.25) is 0 Å². The average Bonchev–Trinajstić information content (AvgIpc) is 3.62. The molecule has 220 valence electrons. The lowest BCUT2D eigenvalue weighted by Crippen LogP contribution is -1.97. The van der Waals surface area contributed by atoms with Gasteiger partial charge in [-0.2, -0.15) is 0 Å². The molecule has 0 bridgehead atoms. The lowest BCUT2D eigenvalue weighted by molar-refractivity contribution is 1.10. The molecule has 0 aliphatic rings. The van der Waals surface area contributed by atoms with Gasteiger partial charge in [0.15, 0.2) is 0 Å². The second-order valence-corrected chi connectivity index (χ2v) is 11.2. The van der Waals surface area contributed by atoms with E-state index < -0.39 is 24.2 Å². The molecule has 8 aromatic carbocycles. The highest BCUT2D eigenvalue weighted by atomic mass is 15.1. The molecule has 0 saturated heterocycles. The van der Waals surface area contributed by atoms with Crippen LogP contribution in [0.5, 0.6) is 0 Å². The van der Waals surface area contributed by atoms with Crippen LogP contribution in [0.4, 0.5) is 0 Å². The number of hydrogen-bond acceptors (Lipinski definition) is 1. The quantitative estimate of drug-likeness (QED) is 0.178. The molecule has 0 radical (unpaired) electrons. The van der Waals surface area contributed by atoms with E-state index in [4.69, 9.17) is 18.7 Å². The summed E-state index contributed by atoms with van der Waals surface area (Å²) >= 11 is 0. The van der Waals surface area contributed by atoms with Crippen molar-refractivity contribution < 1.29 is 13.7 Å². The minimum absolute atomic E-state index is 0.0233. The number of rotatable bonds is 5. The zero-order chi connectivity index (χ0) is 39.9. The Bertz CT molecular complexity index is 3000. The van der Waals surface area contributed by atoms with E-state index in [9.17, 15) is 0 Å². The van der Waals surface area contributed by atoms with Crippen LogP contribution < -0.4 is 0 Å². The summed E-state index contributed by atoms with van der Waals surface area (Å²) < 4.78 is 85.3. The van der Waals surface area contributed by atoms with Crippen molar-refractivity contribution in [1.29, 1.82) is 0 Å². The van der Waals surface area contributed by atoms with Gasteiger partial charge >= 0.3 is 0 Å². The molecule has 9 rings (SSSR count). The number of benzene rings is 8. The fourth-order valence-corrected chi connectivity index (χ4v) is 6.54. The predicted molar refractivity (Wildman–Crippen MR) is 198 cm³/mol. The zero-order valence-electron chi connectivity index (χ0n) is 34.9. The highest BCUT2D eigenvalue weighted by Gasteiger charge is 2.18. The lowest BCUT2D eigenvalue weighted by Gasteiger charge is -2.18. The Morgan fingerprint density at radius 2 is 0.851 bits per heavy atom. The lowest BCUT2D eigenvalue weighted by atomic mass is 9.85. The number of aromatic nitrogens is 2. The Kier molecular flexibility index (Phi) is 4.48. The zero-order valence-corrected chi connectivity index (χ0v) is 24.9. The Morgan fingerprint density at radius 3 is 1.40 bits per heavy atom. The molecular weight excluding hydrogens is 569 g/mol. The molecule has 0 aliphatic heterocycles. The number of hydrogen-bond donors (Lipinski definition) is 0. The summed E-state index contributed by atoms with van der Waals surface area (Å²) in [6.45, 7) is 0. The third-order valence-corrected chi connectivity index (χ3v) is 8.59. The molecule has 1 heterocycles. The van der Waals surface area contributed by atoms with Crippen LogP contribution in [-0.4, -0.2) is 9.55 Å². The topological polar surface area (TPSA) is 17.8 Å². The Balaban J connectivity index is 1.20. The predicted octanol–water partition coefficient (Wildman–Crippen LogP) is 12.0. The molecule has 0 saturated carbocycles. The van der Waals surface area contributed by atoms with Gasteiger partial charge in [-0.15, -0.1) is 0 Å². The number of imidazole rings is 1. The highest BCUT2D eigenvalue weighted by molar-refractivity contribution is 6.21. The minimum atomic E-state index is -0.461. The molecule has 47 heavy (non-hydrogen) atoms. The van der Waals surface area contributed by atoms with Gasteiger partial charge in [0.1, 0.15) is 5.82 Å². The van der Waals surface area contributed by atoms with E-state index >= 15 is 0 Å². The van der Waals surface area contributed by atoms with Crippen LogP contribution in [0, 0.1) is 0 Å². The molecule has 2 nitrogen and oxygen atoms in total. The molecule has 0 fully saturated rings. The molecule has 9 aromatic rings. The molecule has 0 aliphatic carbocycles. The van der Waals surface area contributed by atoms with Gasteiger partial charge in [0, 0.05) is 11.3 Å². The maximum Gasteiger partial charge on any atom is 0.145 e. The summed E-state index contributed by atoms with van der Waals surface area (Å²) in [5.41, 5.74) is 6.65. The van der Waals surface area contributed by atoms with Crippen LogP contribution in [0.15, 0.2) is 182 Å². The van der Waals surface area contributed by atoms with Gasteiger partial charge in [0.05, 0.1) is 24.7 Å². The van der Waals surface area contributed by atoms with E-state index in [2.05, 4.69) is 24.3 Å². The smallest absolute Gasteiger partial charge is 0.145 e. The molecule has 1 aromatic heterocycles. The van der Waals surface area contributed by atoms with E-state index in [1.54, 1.807) is 12.1 Å². The molecule has 0 amide bonds. The Labute approximate surface area is 287 Å². The van der Waals surface area contributed by atoms with E-state index in [0.29, 0.717) is 16.8 Å². The van der Waals surface area contributed by atoms with Gasteiger partial charge in [-0.1, -0.05) is 157 Å². The van der Waals surface area contributed by atoms with Crippen LogP contribution in [0.1, 0.15) is 13.7 Å². The van der Waals surface area contributed by atoms with Crippen LogP contribution in [0.2, 0.25) is 0 Å². The van der Waals surface area contributed by atoms with Crippen molar-refractivity contribution >= 4 is 32.6 Å². The van der Waals surface area contributed by atoms with Crippen molar-refractivity contribution in [3.8, 4) is 50.5 Å². The third-order valence-electron chi connectivity index (χ3n) is 8.59. The van der Waals surface area contributed by atoms with Crippen molar-refractivity contribution in [3.05, 3.63) is 182 Å². The molecule has 0 N–H and O–H groups in total. The second-order valence-electron chi connectivity index (χ2n) is 11.2. The SMILES string of the molecule is [2H]c1c([2H])c([2H])c(-c2ccc(-c3c4ccccc4c(-c4ccc(-n5c(-c6c([2H])c([2H])c([2H])c([2H])c6[2H])nc6ccccc65)cc4)c4ccccc34)cc2)c([2H])c1[2H]. The first-order valence-electron chi connectivity index (χ1n) is 20.2. The van der Waals surface area contributed by atoms with Crippen molar-refractivity contribution in [2.75, 3.05) is 0 Å². The van der Waals surface area contributed by atoms with Gasteiger partial charge in [-0.3, -0.25) is 4.57 Å². The van der Waals surface area contributed by atoms with E-state index in [1.807, 2.05) is 89.5 Å². The highest BCUT2D eigenvalue weighted by Crippen LogP contribution is 2.44. The normalized spacial score (nSPS) is 14.4. The Hall–Kier alpha value is -6.25. The second kappa shape index (κ2) is 11.3. The standard InChI is InChI=1S/C45H30N2/c1-3-13-31(14-4-1)32-23-25-33(26-24-32)43-37-17-7-9-19-39(37)44(40-20-10-8-18-38(40)43)34-27-29-36(30-28-34)47-42-22-12-11-21-41(42)46-45(47)35-15-5-2-6-16-35/h1-30H/i1D,2D,3D,4D,5D,6D,13D,14D,15D,16D. The monoisotopic (exact) mass is 608 g/mol. The fraction of sp³-hybridized carbons (Fsp3) is 0. The van der Waals surface area contributed by atoms with Crippen LogP contribution in [0.25, 0.3) is 83.0 Å². The molecule has 0 unspecified atom stereocenters. The molecule has 0 spiro atoms. The maximum atomic E-state index is 8.71. The van der Waals surface area contributed by atoms with E-state index in [1.165, 1.54) is 0 Å². The number of fused-ring (bicyclic) bond motifs is 3. The first-order valence-corrected chi connectivity index (χ1v) is 15.2. The van der Waals surface area contributed by atoms with Gasteiger partial charge in [-0.05, 0) is 79.2 Å². The maximum absolute atomic E-state index is 8.71.